The van der Waals surface area contributed by atoms with Crippen molar-refractivity contribution in [3.63, 3.8) is 0 Å². The third kappa shape index (κ3) is 2.85. The summed E-state index contributed by atoms with van der Waals surface area (Å²) in [5.41, 5.74) is 2.74. The zero-order valence-corrected chi connectivity index (χ0v) is 14.2. The van der Waals surface area contributed by atoms with E-state index in [1.165, 1.54) is 0 Å². The third-order valence-electron chi connectivity index (χ3n) is 4.44. The number of benzene rings is 1. The monoisotopic (exact) mass is 338 g/mol. The number of thiazole rings is 1. The lowest BCUT2D eigenvalue weighted by Gasteiger charge is -2.16. The number of nitrogens with zero attached hydrogens (tertiary/aromatic N) is 3. The molecule has 1 aliphatic heterocycles. The minimum Gasteiger partial charge on any atom is -0.347 e. The van der Waals surface area contributed by atoms with Gasteiger partial charge in [0.05, 0.1) is 5.52 Å². The molecule has 1 N–H and O–H groups in total. The van der Waals surface area contributed by atoms with Crippen LogP contribution in [0.25, 0.3) is 10.9 Å². The van der Waals surface area contributed by atoms with E-state index in [0.29, 0.717) is 5.56 Å². The molecular weight excluding hydrogens is 320 g/mol. The summed E-state index contributed by atoms with van der Waals surface area (Å²) in [6.07, 6.45) is 4.56. The predicted molar refractivity (Wildman–Crippen MR) is 96.7 cm³/mol. The molecule has 122 valence electrons. The first kappa shape index (κ1) is 15.1. The van der Waals surface area contributed by atoms with Crippen molar-refractivity contribution in [2.45, 2.75) is 19.4 Å². The lowest BCUT2D eigenvalue weighted by Crippen LogP contribution is -2.37. The maximum absolute atomic E-state index is 12.6. The van der Waals surface area contributed by atoms with Crippen molar-refractivity contribution >= 4 is 33.3 Å². The number of anilines is 1. The molecule has 1 atom stereocenters. The molecule has 1 amide bonds. The van der Waals surface area contributed by atoms with E-state index in [0.717, 1.165) is 41.1 Å². The summed E-state index contributed by atoms with van der Waals surface area (Å²) >= 11 is 1.64. The number of hydrogen-bond acceptors (Lipinski definition) is 5. The van der Waals surface area contributed by atoms with Crippen molar-refractivity contribution in [3.05, 3.63) is 53.2 Å². The first-order valence-corrected chi connectivity index (χ1v) is 8.89. The summed E-state index contributed by atoms with van der Waals surface area (Å²) in [6, 6.07) is 7.81. The van der Waals surface area contributed by atoms with Gasteiger partial charge in [-0.15, -0.1) is 11.3 Å². The van der Waals surface area contributed by atoms with Crippen molar-refractivity contribution < 1.29 is 4.79 Å². The molecule has 1 saturated heterocycles. The van der Waals surface area contributed by atoms with Gasteiger partial charge < -0.3 is 10.2 Å². The molecule has 2 aromatic heterocycles. The average molecular weight is 338 g/mol. The lowest BCUT2D eigenvalue weighted by atomic mass is 10.1. The second-order valence-electron chi connectivity index (χ2n) is 6.08. The summed E-state index contributed by atoms with van der Waals surface area (Å²) in [5, 5.41) is 7.18. The molecule has 0 bridgehead atoms. The normalized spacial score (nSPS) is 17.4. The first-order valence-electron chi connectivity index (χ1n) is 8.01. The third-order valence-corrected chi connectivity index (χ3v) is 5.27. The maximum atomic E-state index is 12.6. The van der Waals surface area contributed by atoms with Gasteiger partial charge in [0.1, 0.15) is 0 Å². The zero-order valence-electron chi connectivity index (χ0n) is 13.4. The van der Waals surface area contributed by atoms with Crippen LogP contribution in [0.15, 0.2) is 42.0 Å². The van der Waals surface area contributed by atoms with Gasteiger partial charge in [-0.1, -0.05) is 0 Å². The van der Waals surface area contributed by atoms with Crippen molar-refractivity contribution in [1.82, 2.24) is 15.3 Å². The number of hydrogen-bond donors (Lipinski definition) is 1. The molecule has 0 saturated carbocycles. The van der Waals surface area contributed by atoms with E-state index < -0.39 is 0 Å². The number of fused-ring (bicyclic) bond motifs is 1. The van der Waals surface area contributed by atoms with Gasteiger partial charge in [0, 0.05) is 47.9 Å². The second kappa shape index (κ2) is 6.20. The Balaban J connectivity index is 1.48. The molecule has 0 aliphatic carbocycles. The van der Waals surface area contributed by atoms with E-state index in [2.05, 4.69) is 20.2 Å². The Morgan fingerprint density at radius 1 is 1.29 bits per heavy atom. The Hall–Kier alpha value is -2.47. The zero-order chi connectivity index (χ0) is 16.5. The Kier molecular flexibility index (Phi) is 3.90. The highest BCUT2D eigenvalue weighted by molar-refractivity contribution is 7.13. The molecule has 1 fully saturated rings. The van der Waals surface area contributed by atoms with Crippen molar-refractivity contribution in [2.24, 2.45) is 0 Å². The molecule has 3 aromatic rings. The van der Waals surface area contributed by atoms with E-state index in [1.807, 2.05) is 42.8 Å². The Morgan fingerprint density at radius 2 is 2.21 bits per heavy atom. The number of aromatic nitrogens is 2. The van der Waals surface area contributed by atoms with E-state index in [9.17, 15) is 4.79 Å². The van der Waals surface area contributed by atoms with E-state index in [-0.39, 0.29) is 11.9 Å². The van der Waals surface area contributed by atoms with Gasteiger partial charge in [-0.2, -0.15) is 0 Å². The van der Waals surface area contributed by atoms with Crippen LogP contribution < -0.4 is 10.2 Å². The minimum atomic E-state index is -0.0221. The summed E-state index contributed by atoms with van der Waals surface area (Å²) in [5.74, 6) is -0.0221. The van der Waals surface area contributed by atoms with Gasteiger partial charge in [0.2, 0.25) is 0 Å². The fourth-order valence-corrected chi connectivity index (χ4v) is 3.80. The summed E-state index contributed by atoms with van der Waals surface area (Å²) in [6.45, 7) is 3.78. The van der Waals surface area contributed by atoms with Gasteiger partial charge in [-0.05, 0) is 43.2 Å². The molecule has 0 spiro atoms. The van der Waals surface area contributed by atoms with Crippen LogP contribution >= 0.6 is 11.3 Å². The molecule has 1 aromatic carbocycles. The Labute approximate surface area is 144 Å². The van der Waals surface area contributed by atoms with Crippen molar-refractivity contribution in [3.8, 4) is 0 Å². The van der Waals surface area contributed by atoms with Crippen LogP contribution in [0, 0.1) is 6.92 Å². The summed E-state index contributed by atoms with van der Waals surface area (Å²) < 4.78 is 0. The molecule has 4 rings (SSSR count). The number of amides is 1. The number of aryl methyl sites for hydroxylation is 1. The number of pyridine rings is 1. The lowest BCUT2D eigenvalue weighted by molar-refractivity contribution is 0.0940. The van der Waals surface area contributed by atoms with Crippen LogP contribution in [0.2, 0.25) is 0 Å². The number of rotatable bonds is 3. The van der Waals surface area contributed by atoms with Gasteiger partial charge in [0.25, 0.3) is 5.91 Å². The Bertz CT molecular complexity index is 878. The standard InChI is InChI=1S/C18H18N4OS/c1-12-4-6-19-16-3-2-13(10-15(12)16)17(23)21-14-5-8-22(11-14)18-20-7-9-24-18/h2-4,6-7,9-10,14H,5,8,11H2,1H3,(H,21,23). The first-order chi connectivity index (χ1) is 11.7. The number of nitrogens with one attached hydrogen (secondary N) is 1. The second-order valence-corrected chi connectivity index (χ2v) is 6.95. The smallest absolute Gasteiger partial charge is 0.251 e. The molecular formula is C18H18N4OS. The van der Waals surface area contributed by atoms with Gasteiger partial charge >= 0.3 is 0 Å². The van der Waals surface area contributed by atoms with Gasteiger partial charge in [-0.25, -0.2) is 4.98 Å². The van der Waals surface area contributed by atoms with Crippen molar-refractivity contribution in [2.75, 3.05) is 18.0 Å². The van der Waals surface area contributed by atoms with Crippen LogP contribution in [0.4, 0.5) is 5.13 Å². The fourth-order valence-electron chi connectivity index (χ4n) is 3.12. The van der Waals surface area contributed by atoms with E-state index in [4.69, 9.17) is 0 Å². The van der Waals surface area contributed by atoms with Crippen LogP contribution in [-0.4, -0.2) is 35.0 Å². The highest BCUT2D eigenvalue weighted by atomic mass is 32.1. The molecule has 0 radical (unpaired) electrons. The summed E-state index contributed by atoms with van der Waals surface area (Å²) in [7, 11) is 0. The van der Waals surface area contributed by atoms with Crippen LogP contribution in [-0.2, 0) is 0 Å². The van der Waals surface area contributed by atoms with Crippen LogP contribution in [0.1, 0.15) is 22.3 Å². The average Bonchev–Trinajstić information content (AvgIpc) is 3.26. The van der Waals surface area contributed by atoms with Crippen LogP contribution in [0.5, 0.6) is 0 Å². The van der Waals surface area contributed by atoms with Gasteiger partial charge in [-0.3, -0.25) is 9.78 Å². The van der Waals surface area contributed by atoms with Crippen LogP contribution in [0.3, 0.4) is 0 Å². The molecule has 1 aliphatic rings. The van der Waals surface area contributed by atoms with Crippen molar-refractivity contribution in [1.29, 1.82) is 0 Å². The molecule has 24 heavy (non-hydrogen) atoms. The fraction of sp³-hybridized carbons (Fsp3) is 0.278. The highest BCUT2D eigenvalue weighted by Gasteiger charge is 2.25. The predicted octanol–water partition coefficient (Wildman–Crippen LogP) is 3.01. The molecule has 6 heteroatoms. The van der Waals surface area contributed by atoms with E-state index in [1.54, 1.807) is 17.5 Å². The number of carbonyl (C=O) groups is 1. The maximum Gasteiger partial charge on any atom is 0.251 e. The quantitative estimate of drug-likeness (QED) is 0.797. The highest BCUT2D eigenvalue weighted by Crippen LogP contribution is 2.23. The Morgan fingerprint density at radius 3 is 3.04 bits per heavy atom. The van der Waals surface area contributed by atoms with Gasteiger partial charge in [0.15, 0.2) is 5.13 Å². The molecule has 3 heterocycles. The topological polar surface area (TPSA) is 58.1 Å². The SMILES string of the molecule is Cc1ccnc2ccc(C(=O)NC3CCN(c4nccs4)C3)cc12. The van der Waals surface area contributed by atoms with E-state index >= 15 is 0 Å². The number of carbonyl (C=O) groups excluding carboxylic acids is 1. The largest absolute Gasteiger partial charge is 0.347 e. The molecule has 5 nitrogen and oxygen atoms in total. The summed E-state index contributed by atoms with van der Waals surface area (Å²) in [4.78, 5) is 23.5. The minimum absolute atomic E-state index is 0.0221. The molecule has 1 unspecified atom stereocenters.